The van der Waals surface area contributed by atoms with Crippen LogP contribution in [0.2, 0.25) is 10.0 Å². The number of amides is 2. The van der Waals surface area contributed by atoms with Gasteiger partial charge in [0.2, 0.25) is 11.8 Å². The van der Waals surface area contributed by atoms with E-state index in [-0.39, 0.29) is 45.5 Å². The minimum atomic E-state index is -4.25. The second kappa shape index (κ2) is 14.0. The molecule has 0 heterocycles. The van der Waals surface area contributed by atoms with Crippen molar-refractivity contribution < 1.29 is 22.4 Å². The average molecular weight is 609 g/mol. The number of hydrogen-bond donors (Lipinski definition) is 1. The number of rotatable bonds is 12. The number of carbonyl (C=O) groups excluding carboxylic acids is 2. The lowest BCUT2D eigenvalue weighted by molar-refractivity contribution is -0.140. The SMILES string of the molecule is CC[C@@H](C)NC(=O)[C@H](CC)N(Cc1ccc(F)cc1)C(=O)CN(c1cc(Cl)cc(Cl)c1)S(=O)(=O)c1ccccc1. The molecule has 0 radical (unpaired) electrons. The van der Waals surface area contributed by atoms with E-state index in [0.29, 0.717) is 12.0 Å². The van der Waals surface area contributed by atoms with E-state index < -0.39 is 34.3 Å². The molecule has 40 heavy (non-hydrogen) atoms. The molecular formula is C29H32Cl2FN3O4S. The van der Waals surface area contributed by atoms with Crippen LogP contribution in [-0.2, 0) is 26.2 Å². The molecule has 2 atom stereocenters. The van der Waals surface area contributed by atoms with E-state index in [1.54, 1.807) is 25.1 Å². The smallest absolute Gasteiger partial charge is 0.264 e. The van der Waals surface area contributed by atoms with E-state index in [1.807, 2.05) is 13.8 Å². The molecule has 0 aliphatic heterocycles. The van der Waals surface area contributed by atoms with Gasteiger partial charge in [0.1, 0.15) is 18.4 Å². The summed E-state index contributed by atoms with van der Waals surface area (Å²) in [6.07, 6.45) is 0.955. The van der Waals surface area contributed by atoms with Gasteiger partial charge in [0.25, 0.3) is 10.0 Å². The van der Waals surface area contributed by atoms with Crippen LogP contribution in [0.1, 0.15) is 39.2 Å². The fourth-order valence-electron chi connectivity index (χ4n) is 4.08. The summed E-state index contributed by atoms with van der Waals surface area (Å²) in [6, 6.07) is 16.4. The van der Waals surface area contributed by atoms with Crippen molar-refractivity contribution in [2.45, 2.75) is 57.1 Å². The third-order valence-electron chi connectivity index (χ3n) is 6.40. The molecule has 1 N–H and O–H groups in total. The van der Waals surface area contributed by atoms with Crippen LogP contribution < -0.4 is 9.62 Å². The molecule has 0 spiro atoms. The summed E-state index contributed by atoms with van der Waals surface area (Å²) in [6.45, 7) is 4.87. The summed E-state index contributed by atoms with van der Waals surface area (Å²) >= 11 is 12.4. The molecule has 7 nitrogen and oxygen atoms in total. The van der Waals surface area contributed by atoms with Crippen molar-refractivity contribution >= 4 is 50.7 Å². The lowest BCUT2D eigenvalue weighted by atomic mass is 10.1. The van der Waals surface area contributed by atoms with Gasteiger partial charge in [-0.2, -0.15) is 0 Å². The fourth-order valence-corrected chi connectivity index (χ4v) is 6.01. The summed E-state index contributed by atoms with van der Waals surface area (Å²) in [4.78, 5) is 28.6. The van der Waals surface area contributed by atoms with Crippen molar-refractivity contribution in [2.75, 3.05) is 10.8 Å². The maximum absolute atomic E-state index is 14.0. The quantitative estimate of drug-likeness (QED) is 0.271. The predicted octanol–water partition coefficient (Wildman–Crippen LogP) is 6.05. The normalized spacial score (nSPS) is 12.8. The third-order valence-corrected chi connectivity index (χ3v) is 8.62. The van der Waals surface area contributed by atoms with E-state index in [0.717, 1.165) is 4.31 Å². The first-order chi connectivity index (χ1) is 19.0. The van der Waals surface area contributed by atoms with Crippen LogP contribution in [0.15, 0.2) is 77.7 Å². The second-order valence-corrected chi connectivity index (χ2v) is 12.1. The van der Waals surface area contributed by atoms with E-state index in [9.17, 15) is 22.4 Å². The maximum atomic E-state index is 14.0. The molecule has 214 valence electrons. The van der Waals surface area contributed by atoms with Gasteiger partial charge in [-0.3, -0.25) is 13.9 Å². The van der Waals surface area contributed by atoms with Crippen LogP contribution >= 0.6 is 23.2 Å². The van der Waals surface area contributed by atoms with Crippen molar-refractivity contribution in [3.8, 4) is 0 Å². The highest BCUT2D eigenvalue weighted by Gasteiger charge is 2.34. The highest BCUT2D eigenvalue weighted by molar-refractivity contribution is 7.92. The molecule has 3 aromatic rings. The Labute approximate surface area is 244 Å². The largest absolute Gasteiger partial charge is 0.352 e. The van der Waals surface area contributed by atoms with Crippen LogP contribution in [0, 0.1) is 5.82 Å². The monoisotopic (exact) mass is 607 g/mol. The lowest BCUT2D eigenvalue weighted by Gasteiger charge is -2.33. The molecular weight excluding hydrogens is 576 g/mol. The molecule has 0 aromatic heterocycles. The zero-order valence-corrected chi connectivity index (χ0v) is 24.8. The number of nitrogens with zero attached hydrogens (tertiary/aromatic N) is 2. The molecule has 0 bridgehead atoms. The summed E-state index contributed by atoms with van der Waals surface area (Å²) in [5, 5.41) is 3.28. The molecule has 0 aliphatic carbocycles. The Morgan fingerprint density at radius 1 is 0.925 bits per heavy atom. The van der Waals surface area contributed by atoms with Crippen molar-refractivity contribution in [1.29, 1.82) is 0 Å². The van der Waals surface area contributed by atoms with Crippen LogP contribution in [0.5, 0.6) is 0 Å². The Bertz CT molecular complexity index is 1400. The van der Waals surface area contributed by atoms with Gasteiger partial charge in [0.15, 0.2) is 0 Å². The van der Waals surface area contributed by atoms with Gasteiger partial charge in [-0.25, -0.2) is 12.8 Å². The second-order valence-electron chi connectivity index (χ2n) is 9.34. The van der Waals surface area contributed by atoms with Crippen LogP contribution in [0.4, 0.5) is 10.1 Å². The molecule has 3 rings (SSSR count). The van der Waals surface area contributed by atoms with Crippen molar-refractivity contribution in [2.24, 2.45) is 0 Å². The Morgan fingerprint density at radius 3 is 2.08 bits per heavy atom. The maximum Gasteiger partial charge on any atom is 0.264 e. The molecule has 0 saturated heterocycles. The Hall–Kier alpha value is -3.14. The van der Waals surface area contributed by atoms with Crippen LogP contribution in [0.3, 0.4) is 0 Å². The average Bonchev–Trinajstić information content (AvgIpc) is 2.92. The topological polar surface area (TPSA) is 86.8 Å². The molecule has 11 heteroatoms. The Kier molecular flexibility index (Phi) is 11.0. The summed E-state index contributed by atoms with van der Waals surface area (Å²) < 4.78 is 42.2. The lowest BCUT2D eigenvalue weighted by Crippen LogP contribution is -2.53. The number of carbonyl (C=O) groups is 2. The highest BCUT2D eigenvalue weighted by Crippen LogP contribution is 2.30. The summed E-state index contributed by atoms with van der Waals surface area (Å²) in [5.41, 5.74) is 0.668. The predicted molar refractivity (Wildman–Crippen MR) is 156 cm³/mol. The zero-order valence-electron chi connectivity index (χ0n) is 22.5. The van der Waals surface area contributed by atoms with Gasteiger partial charge in [-0.05, 0) is 67.8 Å². The van der Waals surface area contributed by atoms with Crippen LogP contribution in [0.25, 0.3) is 0 Å². The molecule has 0 unspecified atom stereocenters. The van der Waals surface area contributed by atoms with Crippen LogP contribution in [-0.4, -0.2) is 43.8 Å². The third kappa shape index (κ3) is 7.96. The number of benzene rings is 3. The molecule has 0 saturated carbocycles. The van der Waals surface area contributed by atoms with Gasteiger partial charge in [-0.1, -0.05) is 67.4 Å². The van der Waals surface area contributed by atoms with E-state index in [4.69, 9.17) is 23.2 Å². The highest BCUT2D eigenvalue weighted by atomic mass is 35.5. The first-order valence-electron chi connectivity index (χ1n) is 12.8. The number of anilines is 1. The summed E-state index contributed by atoms with van der Waals surface area (Å²) in [7, 11) is -4.25. The molecule has 0 fully saturated rings. The minimum Gasteiger partial charge on any atom is -0.352 e. The number of halogens is 3. The van der Waals surface area contributed by atoms with Crippen molar-refractivity contribution in [3.05, 3.63) is 94.2 Å². The minimum absolute atomic E-state index is 0.0365. The van der Waals surface area contributed by atoms with Gasteiger partial charge in [0, 0.05) is 22.6 Å². The van der Waals surface area contributed by atoms with Gasteiger partial charge < -0.3 is 10.2 Å². The van der Waals surface area contributed by atoms with Gasteiger partial charge in [-0.15, -0.1) is 0 Å². The first kappa shape index (κ1) is 31.4. The fraction of sp³-hybridized carbons (Fsp3) is 0.310. The first-order valence-corrected chi connectivity index (χ1v) is 15.0. The number of hydrogen-bond acceptors (Lipinski definition) is 4. The molecule has 2 amide bonds. The van der Waals surface area contributed by atoms with E-state index in [1.165, 1.54) is 59.5 Å². The zero-order chi connectivity index (χ0) is 29.4. The Morgan fingerprint density at radius 2 is 1.52 bits per heavy atom. The van der Waals surface area contributed by atoms with Gasteiger partial charge >= 0.3 is 0 Å². The van der Waals surface area contributed by atoms with E-state index >= 15 is 0 Å². The van der Waals surface area contributed by atoms with Crippen molar-refractivity contribution in [3.63, 3.8) is 0 Å². The summed E-state index contributed by atoms with van der Waals surface area (Å²) in [5.74, 6) is -1.44. The number of sulfonamides is 1. The Balaban J connectivity index is 2.07. The molecule has 3 aromatic carbocycles. The van der Waals surface area contributed by atoms with Crippen molar-refractivity contribution in [1.82, 2.24) is 10.2 Å². The van der Waals surface area contributed by atoms with E-state index in [2.05, 4.69) is 5.32 Å². The van der Waals surface area contributed by atoms with Gasteiger partial charge in [0.05, 0.1) is 10.6 Å². The molecule has 0 aliphatic rings. The number of nitrogens with one attached hydrogen (secondary N) is 1. The standard InChI is InChI=1S/C29H32Cl2FN3O4S/c1-4-20(3)33-29(37)27(5-2)34(18-21-11-13-24(32)14-12-21)28(36)19-35(25-16-22(30)15-23(31)17-25)40(38,39)26-9-7-6-8-10-26/h6-17,20,27H,4-5,18-19H2,1-3H3,(H,33,37)/t20-,27+/m1/s1.